The highest BCUT2D eigenvalue weighted by Crippen LogP contribution is 2.26. The normalized spacial score (nSPS) is 21.8. The van der Waals surface area contributed by atoms with Gasteiger partial charge in [-0.15, -0.1) is 0 Å². The first-order valence-electron chi connectivity index (χ1n) is 9.85. The van der Waals surface area contributed by atoms with E-state index in [2.05, 4.69) is 10.3 Å². The fourth-order valence-electron chi connectivity index (χ4n) is 3.31. The Kier molecular flexibility index (Phi) is 8.68. The largest absolute Gasteiger partial charge is 0.480 e. The molecule has 13 heteroatoms. The molecule has 33 heavy (non-hydrogen) atoms. The van der Waals surface area contributed by atoms with Crippen LogP contribution in [0, 0.1) is 11.6 Å². The van der Waals surface area contributed by atoms with E-state index in [1.807, 2.05) is 0 Å². The Bertz CT molecular complexity index is 940. The molecule has 1 aliphatic rings. The quantitative estimate of drug-likeness (QED) is 0.187. The van der Waals surface area contributed by atoms with Gasteiger partial charge in [-0.3, -0.25) is 9.59 Å². The predicted molar refractivity (Wildman–Crippen MR) is 112 cm³/mol. The van der Waals surface area contributed by atoms with Crippen molar-refractivity contribution in [2.24, 2.45) is 16.5 Å². The third kappa shape index (κ3) is 6.60. The zero-order valence-electron chi connectivity index (χ0n) is 18.0. The van der Waals surface area contributed by atoms with Crippen molar-refractivity contribution in [3.05, 3.63) is 47.2 Å². The molecular formula is C20H27F2N5O6. The highest BCUT2D eigenvalue weighted by molar-refractivity contribution is 5.92. The number of aliphatic hydroxyl groups excluding tert-OH is 3. The zero-order chi connectivity index (χ0) is 24.9. The maximum absolute atomic E-state index is 13.5. The monoisotopic (exact) mass is 471 g/mol. The lowest BCUT2D eigenvalue weighted by molar-refractivity contribution is -0.140. The van der Waals surface area contributed by atoms with E-state index in [1.54, 1.807) is 0 Å². The highest BCUT2D eigenvalue weighted by Gasteiger charge is 2.44. The smallest absolute Gasteiger partial charge is 0.288 e. The van der Waals surface area contributed by atoms with Crippen LogP contribution in [0.25, 0.3) is 0 Å². The van der Waals surface area contributed by atoms with E-state index in [4.69, 9.17) is 16.2 Å². The van der Waals surface area contributed by atoms with Crippen molar-refractivity contribution in [3.63, 3.8) is 0 Å². The van der Waals surface area contributed by atoms with Gasteiger partial charge in [-0.05, 0) is 23.8 Å². The van der Waals surface area contributed by atoms with E-state index >= 15 is 0 Å². The topological polar surface area (TPSA) is 184 Å². The second-order valence-electron chi connectivity index (χ2n) is 7.53. The SMILES string of the molecule is CC(=O)N[C@H]1[C@H]([C@H](O)[C@H](O)CO)OC(C(=O)N(C)Cc2ccc(F)c(F)c2)=C[C@@H]1N=C(N)N. The van der Waals surface area contributed by atoms with Crippen LogP contribution in [0.5, 0.6) is 0 Å². The van der Waals surface area contributed by atoms with E-state index in [0.29, 0.717) is 5.56 Å². The van der Waals surface area contributed by atoms with Crippen LogP contribution in [0.4, 0.5) is 8.78 Å². The summed E-state index contributed by atoms with van der Waals surface area (Å²) in [6.07, 6.45) is -3.61. The van der Waals surface area contributed by atoms with Gasteiger partial charge in [0.2, 0.25) is 5.91 Å². The molecule has 0 bridgehead atoms. The summed E-state index contributed by atoms with van der Waals surface area (Å²) in [5.74, 6) is -4.08. The van der Waals surface area contributed by atoms with E-state index < -0.39 is 60.5 Å². The van der Waals surface area contributed by atoms with Gasteiger partial charge in [-0.2, -0.15) is 0 Å². The molecule has 5 atom stereocenters. The molecule has 8 N–H and O–H groups in total. The Labute approximate surface area is 188 Å². The molecule has 2 amide bonds. The molecule has 0 radical (unpaired) electrons. The minimum atomic E-state index is -1.74. The van der Waals surface area contributed by atoms with E-state index in [-0.39, 0.29) is 18.3 Å². The van der Waals surface area contributed by atoms with Crippen molar-refractivity contribution >= 4 is 17.8 Å². The van der Waals surface area contributed by atoms with E-state index in [9.17, 15) is 33.7 Å². The first-order valence-corrected chi connectivity index (χ1v) is 9.85. The Morgan fingerprint density at radius 1 is 1.27 bits per heavy atom. The molecule has 2 rings (SSSR count). The van der Waals surface area contributed by atoms with Crippen LogP contribution >= 0.6 is 0 Å². The van der Waals surface area contributed by atoms with Gasteiger partial charge < -0.3 is 41.7 Å². The van der Waals surface area contributed by atoms with Crippen molar-refractivity contribution in [1.82, 2.24) is 10.2 Å². The number of aliphatic hydroxyl groups is 3. The number of carbonyl (C=O) groups excluding carboxylic acids is 2. The van der Waals surface area contributed by atoms with Crippen LogP contribution in [0.15, 0.2) is 35.0 Å². The fraction of sp³-hybridized carbons (Fsp3) is 0.450. The van der Waals surface area contributed by atoms with Crippen molar-refractivity contribution in [1.29, 1.82) is 0 Å². The summed E-state index contributed by atoms with van der Waals surface area (Å²) < 4.78 is 32.3. The van der Waals surface area contributed by atoms with Crippen LogP contribution in [0.1, 0.15) is 12.5 Å². The summed E-state index contributed by atoms with van der Waals surface area (Å²) in [7, 11) is 1.37. The molecule has 0 unspecified atom stereocenters. The lowest BCUT2D eigenvalue weighted by atomic mass is 9.92. The number of ether oxygens (including phenoxy) is 1. The number of amides is 2. The second kappa shape index (κ2) is 11.0. The molecule has 0 aromatic heterocycles. The molecule has 0 aliphatic carbocycles. The van der Waals surface area contributed by atoms with Crippen molar-refractivity contribution in [2.45, 2.75) is 43.9 Å². The average Bonchev–Trinajstić information content (AvgIpc) is 2.74. The Morgan fingerprint density at radius 3 is 2.48 bits per heavy atom. The predicted octanol–water partition coefficient (Wildman–Crippen LogP) is -1.93. The number of halogens is 2. The van der Waals surface area contributed by atoms with Gasteiger partial charge in [0, 0.05) is 20.5 Å². The van der Waals surface area contributed by atoms with Crippen LogP contribution in [-0.4, -0.2) is 82.0 Å². The molecule has 1 heterocycles. The molecule has 11 nitrogen and oxygen atoms in total. The van der Waals surface area contributed by atoms with Crippen molar-refractivity contribution in [2.75, 3.05) is 13.7 Å². The summed E-state index contributed by atoms with van der Waals surface area (Å²) in [6.45, 7) is 0.244. The van der Waals surface area contributed by atoms with Crippen molar-refractivity contribution in [3.8, 4) is 0 Å². The maximum atomic E-state index is 13.5. The maximum Gasteiger partial charge on any atom is 0.288 e. The summed E-state index contributed by atoms with van der Waals surface area (Å²) in [6, 6.07) is 0.989. The van der Waals surface area contributed by atoms with Gasteiger partial charge in [0.1, 0.15) is 18.3 Å². The van der Waals surface area contributed by atoms with E-state index in [0.717, 1.165) is 17.0 Å². The van der Waals surface area contributed by atoms with Crippen LogP contribution in [0.3, 0.4) is 0 Å². The molecule has 182 valence electrons. The highest BCUT2D eigenvalue weighted by atomic mass is 19.2. The minimum Gasteiger partial charge on any atom is -0.480 e. The molecule has 0 saturated carbocycles. The third-order valence-corrected chi connectivity index (χ3v) is 4.85. The minimum absolute atomic E-state index is 0.120. The average molecular weight is 471 g/mol. The number of carbonyl (C=O) groups is 2. The van der Waals surface area contributed by atoms with Gasteiger partial charge in [0.15, 0.2) is 23.4 Å². The molecule has 0 spiro atoms. The number of benzene rings is 1. The van der Waals surface area contributed by atoms with Gasteiger partial charge in [0.25, 0.3) is 5.91 Å². The molecule has 1 aromatic carbocycles. The van der Waals surface area contributed by atoms with Crippen LogP contribution in [0.2, 0.25) is 0 Å². The number of hydrogen-bond donors (Lipinski definition) is 6. The van der Waals surface area contributed by atoms with Gasteiger partial charge >= 0.3 is 0 Å². The lowest BCUT2D eigenvalue weighted by Gasteiger charge is -2.39. The number of rotatable bonds is 8. The molecule has 1 aliphatic heterocycles. The van der Waals surface area contributed by atoms with Gasteiger partial charge in [-0.1, -0.05) is 6.07 Å². The first kappa shape index (κ1) is 26.0. The third-order valence-electron chi connectivity index (χ3n) is 4.85. The summed E-state index contributed by atoms with van der Waals surface area (Å²) >= 11 is 0. The number of nitrogens with two attached hydrogens (primary N) is 2. The lowest BCUT2D eigenvalue weighted by Crippen LogP contribution is -2.60. The number of hydrogen-bond acceptors (Lipinski definition) is 7. The zero-order valence-corrected chi connectivity index (χ0v) is 18.0. The molecule has 0 saturated heterocycles. The molecular weight excluding hydrogens is 444 g/mol. The number of nitrogens with one attached hydrogen (secondary N) is 1. The summed E-state index contributed by atoms with van der Waals surface area (Å²) in [5, 5.41) is 32.1. The van der Waals surface area contributed by atoms with E-state index in [1.165, 1.54) is 26.1 Å². The Balaban J connectivity index is 2.38. The standard InChI is InChI=1S/C20H27F2N5O6/c1-9(29)25-16-13(26-20(23)24)6-15(33-18(16)17(31)14(30)8-28)19(32)27(2)7-10-3-4-11(21)12(22)5-10/h3-6,13-14,16-18,28,30-31H,7-8H2,1-2H3,(H,25,29)(H4,23,24,26)/t13-,14+,16+,17+,18+/m0/s1. The summed E-state index contributed by atoms with van der Waals surface area (Å²) in [4.78, 5) is 29.8. The van der Waals surface area contributed by atoms with Crippen molar-refractivity contribution < 1.29 is 38.4 Å². The first-order chi connectivity index (χ1) is 15.4. The van der Waals surface area contributed by atoms with Gasteiger partial charge in [-0.25, -0.2) is 13.8 Å². The van der Waals surface area contributed by atoms with Crippen LogP contribution in [-0.2, 0) is 20.9 Å². The Morgan fingerprint density at radius 2 is 1.94 bits per heavy atom. The molecule has 1 aromatic rings. The number of nitrogens with zero attached hydrogens (tertiary/aromatic N) is 2. The summed E-state index contributed by atoms with van der Waals surface area (Å²) in [5.41, 5.74) is 11.2. The molecule has 0 fully saturated rings. The fourth-order valence-corrected chi connectivity index (χ4v) is 3.31. The number of guanidine groups is 1. The second-order valence-corrected chi connectivity index (χ2v) is 7.53. The van der Waals surface area contributed by atoms with Crippen LogP contribution < -0.4 is 16.8 Å². The Hall–Kier alpha value is -3.29. The van der Waals surface area contributed by atoms with Gasteiger partial charge in [0.05, 0.1) is 18.7 Å². The number of likely N-dealkylation sites (N-methyl/N-ethyl adjacent to an activating group) is 1. The number of aliphatic imine (C=N–C) groups is 1.